The van der Waals surface area contributed by atoms with E-state index in [1.165, 1.54) is 4.90 Å². The summed E-state index contributed by atoms with van der Waals surface area (Å²) in [6.07, 6.45) is 0.342. The van der Waals surface area contributed by atoms with Crippen molar-refractivity contribution >= 4 is 17.5 Å². The van der Waals surface area contributed by atoms with Gasteiger partial charge >= 0.3 is 0 Å². The van der Waals surface area contributed by atoms with Crippen LogP contribution in [0, 0.1) is 11.3 Å². The summed E-state index contributed by atoms with van der Waals surface area (Å²) < 4.78 is 0. The summed E-state index contributed by atoms with van der Waals surface area (Å²) in [6, 6.07) is 9.14. The number of amides is 2. The van der Waals surface area contributed by atoms with Gasteiger partial charge in [-0.25, -0.2) is 0 Å². The Kier molecular flexibility index (Phi) is 3.06. The molecule has 1 saturated heterocycles. The normalized spacial score (nSPS) is 15.4. The molecule has 0 unspecified atom stereocenters. The molecular weight excluding hydrogens is 218 g/mol. The topological polar surface area (TPSA) is 73.2 Å². The number of carbonyl (C=O) groups is 2. The number of carbonyl (C=O) groups excluding carboxylic acids is 2. The Morgan fingerprint density at radius 1 is 1.29 bits per heavy atom. The molecule has 1 fully saturated rings. The first-order valence-corrected chi connectivity index (χ1v) is 5.23. The van der Waals surface area contributed by atoms with E-state index < -0.39 is 0 Å². The van der Waals surface area contributed by atoms with Crippen molar-refractivity contribution in [3.8, 4) is 6.07 Å². The molecule has 0 atom stereocenters. The lowest BCUT2D eigenvalue weighted by Crippen LogP contribution is -2.51. The molecule has 0 saturated carbocycles. The van der Waals surface area contributed by atoms with E-state index in [4.69, 9.17) is 5.26 Å². The van der Waals surface area contributed by atoms with Crippen molar-refractivity contribution in [1.82, 2.24) is 5.32 Å². The van der Waals surface area contributed by atoms with Gasteiger partial charge in [0.25, 0.3) is 0 Å². The SMILES string of the molecule is N#CCc1ccc(N2CC(=O)NCC2=O)cc1. The third-order valence-electron chi connectivity index (χ3n) is 2.57. The molecule has 1 N–H and O–H groups in total. The van der Waals surface area contributed by atoms with E-state index >= 15 is 0 Å². The second-order valence-electron chi connectivity index (χ2n) is 3.76. The van der Waals surface area contributed by atoms with E-state index in [2.05, 4.69) is 11.4 Å². The molecule has 86 valence electrons. The van der Waals surface area contributed by atoms with E-state index in [1.807, 2.05) is 0 Å². The number of nitrogens with one attached hydrogen (secondary N) is 1. The third kappa shape index (κ3) is 2.42. The molecule has 0 aliphatic carbocycles. The molecule has 2 rings (SSSR count). The first-order chi connectivity index (χ1) is 8.20. The molecular formula is C12H11N3O2. The average Bonchev–Trinajstić information content (AvgIpc) is 2.34. The number of nitriles is 1. The van der Waals surface area contributed by atoms with Crippen molar-refractivity contribution in [2.24, 2.45) is 0 Å². The smallest absolute Gasteiger partial charge is 0.246 e. The Morgan fingerprint density at radius 3 is 2.65 bits per heavy atom. The van der Waals surface area contributed by atoms with Crippen LogP contribution >= 0.6 is 0 Å². The highest BCUT2D eigenvalue weighted by Crippen LogP contribution is 2.16. The zero-order chi connectivity index (χ0) is 12.3. The van der Waals surface area contributed by atoms with Gasteiger partial charge in [0.2, 0.25) is 11.8 Å². The van der Waals surface area contributed by atoms with Crippen LogP contribution in [0.3, 0.4) is 0 Å². The van der Waals surface area contributed by atoms with Crippen LogP contribution in [0.1, 0.15) is 5.56 Å². The summed E-state index contributed by atoms with van der Waals surface area (Å²) >= 11 is 0. The maximum Gasteiger partial charge on any atom is 0.246 e. The van der Waals surface area contributed by atoms with Gasteiger partial charge in [0.1, 0.15) is 6.54 Å². The number of benzene rings is 1. The molecule has 1 aromatic rings. The zero-order valence-electron chi connectivity index (χ0n) is 9.14. The molecule has 0 aromatic heterocycles. The van der Waals surface area contributed by atoms with Crippen molar-refractivity contribution < 1.29 is 9.59 Å². The van der Waals surface area contributed by atoms with Crippen molar-refractivity contribution in [1.29, 1.82) is 5.26 Å². The summed E-state index contributed by atoms with van der Waals surface area (Å²) in [5.74, 6) is -0.289. The lowest BCUT2D eigenvalue weighted by molar-refractivity contribution is -0.128. The third-order valence-corrected chi connectivity index (χ3v) is 2.57. The molecule has 1 aromatic carbocycles. The number of nitrogens with zero attached hydrogens (tertiary/aromatic N) is 2. The Labute approximate surface area is 98.6 Å². The van der Waals surface area contributed by atoms with Crippen molar-refractivity contribution in [3.05, 3.63) is 29.8 Å². The minimum atomic E-state index is -0.161. The molecule has 5 nitrogen and oxygen atoms in total. The number of anilines is 1. The van der Waals surface area contributed by atoms with E-state index in [0.29, 0.717) is 12.1 Å². The number of hydrogen-bond donors (Lipinski definition) is 1. The lowest BCUT2D eigenvalue weighted by Gasteiger charge is -2.26. The summed E-state index contributed by atoms with van der Waals surface area (Å²) in [4.78, 5) is 24.3. The summed E-state index contributed by atoms with van der Waals surface area (Å²) in [7, 11) is 0. The monoisotopic (exact) mass is 229 g/mol. The maximum absolute atomic E-state index is 11.6. The van der Waals surface area contributed by atoms with Crippen LogP contribution in [0.2, 0.25) is 0 Å². The Bertz CT molecular complexity index is 487. The number of rotatable bonds is 2. The maximum atomic E-state index is 11.6. The molecule has 0 spiro atoms. The van der Waals surface area contributed by atoms with Crippen LogP contribution in [0.15, 0.2) is 24.3 Å². The molecule has 5 heteroatoms. The molecule has 1 aliphatic heterocycles. The van der Waals surface area contributed by atoms with E-state index in [1.54, 1.807) is 24.3 Å². The quantitative estimate of drug-likeness (QED) is 0.788. The Hall–Kier alpha value is -2.35. The standard InChI is InChI=1S/C12H11N3O2/c13-6-5-9-1-3-10(4-2-9)15-8-11(16)14-7-12(15)17/h1-4H,5,7-8H2,(H,14,16). The summed E-state index contributed by atoms with van der Waals surface area (Å²) in [6.45, 7) is 0.0925. The predicted molar refractivity (Wildman–Crippen MR) is 61.1 cm³/mol. The Balaban J connectivity index is 2.18. The first kappa shape index (κ1) is 11.1. The molecule has 0 radical (unpaired) electrons. The highest BCUT2D eigenvalue weighted by molar-refractivity contribution is 6.04. The van der Waals surface area contributed by atoms with Gasteiger partial charge in [-0.2, -0.15) is 5.26 Å². The highest BCUT2D eigenvalue weighted by Gasteiger charge is 2.23. The fourth-order valence-electron chi connectivity index (χ4n) is 1.68. The van der Waals surface area contributed by atoms with E-state index in [9.17, 15) is 9.59 Å². The predicted octanol–water partition coefficient (Wildman–Crippen LogP) is 0.215. The van der Waals surface area contributed by atoms with Gasteiger partial charge in [-0.3, -0.25) is 9.59 Å². The highest BCUT2D eigenvalue weighted by atomic mass is 16.2. The van der Waals surface area contributed by atoms with Crippen molar-refractivity contribution in [3.63, 3.8) is 0 Å². The number of hydrogen-bond acceptors (Lipinski definition) is 3. The zero-order valence-corrected chi connectivity index (χ0v) is 9.14. The van der Waals surface area contributed by atoms with Gasteiger partial charge in [0.15, 0.2) is 0 Å². The molecule has 0 bridgehead atoms. The summed E-state index contributed by atoms with van der Waals surface area (Å²) in [5.41, 5.74) is 1.58. The van der Waals surface area contributed by atoms with Gasteiger partial charge in [0.05, 0.1) is 19.0 Å². The number of piperazine rings is 1. The molecule has 1 heterocycles. The van der Waals surface area contributed by atoms with Gasteiger partial charge in [0, 0.05) is 5.69 Å². The van der Waals surface area contributed by atoms with Crippen molar-refractivity contribution in [2.45, 2.75) is 6.42 Å². The van der Waals surface area contributed by atoms with Crippen LogP contribution in [0.4, 0.5) is 5.69 Å². The van der Waals surface area contributed by atoms with E-state index in [-0.39, 0.29) is 24.9 Å². The molecule has 1 aliphatic rings. The fourth-order valence-corrected chi connectivity index (χ4v) is 1.68. The Morgan fingerprint density at radius 2 is 2.00 bits per heavy atom. The second kappa shape index (κ2) is 4.66. The van der Waals surface area contributed by atoms with Crippen LogP contribution in [0.25, 0.3) is 0 Å². The average molecular weight is 229 g/mol. The molecule has 17 heavy (non-hydrogen) atoms. The van der Waals surface area contributed by atoms with Gasteiger partial charge < -0.3 is 10.2 Å². The van der Waals surface area contributed by atoms with Crippen molar-refractivity contribution in [2.75, 3.05) is 18.0 Å². The van der Waals surface area contributed by atoms with E-state index in [0.717, 1.165) is 5.56 Å². The largest absolute Gasteiger partial charge is 0.345 e. The van der Waals surface area contributed by atoms with Gasteiger partial charge in [-0.05, 0) is 17.7 Å². The minimum Gasteiger partial charge on any atom is -0.345 e. The minimum absolute atomic E-state index is 0.0405. The van der Waals surface area contributed by atoms with Crippen LogP contribution in [0.5, 0.6) is 0 Å². The lowest BCUT2D eigenvalue weighted by atomic mass is 10.1. The van der Waals surface area contributed by atoms with Crippen LogP contribution < -0.4 is 10.2 Å². The second-order valence-corrected chi connectivity index (χ2v) is 3.76. The first-order valence-electron chi connectivity index (χ1n) is 5.23. The fraction of sp³-hybridized carbons (Fsp3) is 0.250. The van der Waals surface area contributed by atoms with Crippen LogP contribution in [-0.4, -0.2) is 24.9 Å². The molecule has 2 amide bonds. The summed E-state index contributed by atoms with van der Waals surface area (Å²) in [5, 5.41) is 11.0. The van der Waals surface area contributed by atoms with Gasteiger partial charge in [-0.1, -0.05) is 12.1 Å². The van der Waals surface area contributed by atoms with Gasteiger partial charge in [-0.15, -0.1) is 0 Å². The van der Waals surface area contributed by atoms with Crippen LogP contribution in [-0.2, 0) is 16.0 Å².